The van der Waals surface area contributed by atoms with E-state index in [2.05, 4.69) is 66.6 Å². The molecule has 2 unspecified atom stereocenters. The molecule has 1 saturated carbocycles. The number of anilines is 1. The number of carbonyl (C=O) groups excluding carboxylic acids is 2. The molecule has 2 aliphatic rings. The van der Waals surface area contributed by atoms with Gasteiger partial charge in [-0.2, -0.15) is 0 Å². The maximum Gasteiger partial charge on any atom is 0.226 e. The molecule has 3 atom stereocenters. The lowest BCUT2D eigenvalue weighted by Crippen LogP contribution is -2.46. The van der Waals surface area contributed by atoms with Crippen LogP contribution in [0.2, 0.25) is 0 Å². The lowest BCUT2D eigenvalue weighted by atomic mass is 9.71. The second-order valence-electron chi connectivity index (χ2n) is 11.7. The fraction of sp³-hybridized carbons (Fsp3) is 0.594. The summed E-state index contributed by atoms with van der Waals surface area (Å²) >= 11 is 0. The number of aromatic nitrogens is 1. The summed E-state index contributed by atoms with van der Waals surface area (Å²) in [6.07, 6.45) is 10.8. The molecule has 2 fully saturated rings. The standard InChI is InChI=1S/C32H46N4O3/c1-24-26(22-25-10-8-11-25)14-18-32(35(2)3,27-12-6-5-7-13-27)17-9-20-36(31(24)38)21-16-29(37)34-28-15-19-33-30(23-28)39-4/h5-7,12-13,15,19,23-26H,8-11,14,16-18,20-22H2,1-4H3,(H,33,34,37)/t24?,26?,32-/m0/s1. The van der Waals surface area contributed by atoms with Gasteiger partial charge in [0.1, 0.15) is 0 Å². The fourth-order valence-corrected chi connectivity index (χ4v) is 6.46. The number of hydrogen-bond acceptors (Lipinski definition) is 5. The second kappa shape index (κ2) is 13.4. The quantitative estimate of drug-likeness (QED) is 0.445. The number of nitrogens with one attached hydrogen (secondary N) is 1. The summed E-state index contributed by atoms with van der Waals surface area (Å²) in [5.74, 6) is 1.59. The Morgan fingerprint density at radius 3 is 2.56 bits per heavy atom. The summed E-state index contributed by atoms with van der Waals surface area (Å²) in [5.41, 5.74) is 1.94. The summed E-state index contributed by atoms with van der Waals surface area (Å²) in [7, 11) is 5.95. The molecule has 1 saturated heterocycles. The van der Waals surface area contributed by atoms with Crippen molar-refractivity contribution in [2.75, 3.05) is 39.6 Å². The van der Waals surface area contributed by atoms with Crippen LogP contribution in [0.1, 0.15) is 70.3 Å². The normalized spacial score (nSPS) is 24.7. The van der Waals surface area contributed by atoms with Crippen LogP contribution in [0.5, 0.6) is 5.88 Å². The first-order valence-corrected chi connectivity index (χ1v) is 14.6. The minimum atomic E-state index is -0.112. The molecule has 4 rings (SSSR count). The number of hydrogen-bond donors (Lipinski definition) is 1. The Morgan fingerprint density at radius 2 is 1.90 bits per heavy atom. The molecule has 7 nitrogen and oxygen atoms in total. The number of pyridine rings is 1. The summed E-state index contributed by atoms with van der Waals surface area (Å²) in [5, 5.41) is 2.93. The molecule has 2 amide bonds. The highest BCUT2D eigenvalue weighted by molar-refractivity contribution is 5.91. The molecule has 2 aromatic rings. The maximum atomic E-state index is 13.8. The van der Waals surface area contributed by atoms with E-state index in [1.807, 2.05) is 4.90 Å². The molecule has 0 radical (unpaired) electrons. The second-order valence-corrected chi connectivity index (χ2v) is 11.7. The number of benzene rings is 1. The maximum absolute atomic E-state index is 13.8. The largest absolute Gasteiger partial charge is 0.481 e. The smallest absolute Gasteiger partial charge is 0.226 e. The van der Waals surface area contributed by atoms with Gasteiger partial charge in [0.2, 0.25) is 17.7 Å². The summed E-state index contributed by atoms with van der Waals surface area (Å²) in [6, 6.07) is 14.3. The molecule has 1 aromatic heterocycles. The van der Waals surface area contributed by atoms with Crippen LogP contribution >= 0.6 is 0 Å². The van der Waals surface area contributed by atoms with E-state index in [0.29, 0.717) is 30.6 Å². The number of amides is 2. The first kappa shape index (κ1) is 29.1. The molecule has 0 bridgehead atoms. The van der Waals surface area contributed by atoms with Crippen LogP contribution in [0, 0.1) is 17.8 Å². The van der Waals surface area contributed by atoms with E-state index in [1.165, 1.54) is 24.8 Å². The SMILES string of the molecule is COc1cc(NC(=O)CCN2CCC[C@](c3ccccc3)(N(C)C)CCC(CC3CCC3)C(C)C2=O)ccn1. The zero-order chi connectivity index (χ0) is 27.8. The lowest BCUT2D eigenvalue weighted by Gasteiger charge is -2.44. The molecule has 39 heavy (non-hydrogen) atoms. The van der Waals surface area contributed by atoms with Crippen molar-refractivity contribution < 1.29 is 14.3 Å². The molecule has 0 spiro atoms. The Kier molecular flexibility index (Phi) is 10.0. The third kappa shape index (κ3) is 7.18. The van der Waals surface area contributed by atoms with E-state index < -0.39 is 0 Å². The van der Waals surface area contributed by atoms with Gasteiger partial charge in [-0.3, -0.25) is 14.5 Å². The Morgan fingerprint density at radius 1 is 1.13 bits per heavy atom. The summed E-state index contributed by atoms with van der Waals surface area (Å²) in [6.45, 7) is 3.22. The molecule has 1 N–H and O–H groups in total. The van der Waals surface area contributed by atoms with Gasteiger partial charge in [0.25, 0.3) is 0 Å². The average molecular weight is 535 g/mol. The molecule has 1 aromatic carbocycles. The van der Waals surface area contributed by atoms with Crippen LogP contribution in [-0.4, -0.2) is 60.9 Å². The fourth-order valence-electron chi connectivity index (χ4n) is 6.46. The predicted molar refractivity (Wildman–Crippen MR) is 156 cm³/mol. The molecule has 212 valence electrons. The Labute approximate surface area is 234 Å². The zero-order valence-corrected chi connectivity index (χ0v) is 24.2. The monoisotopic (exact) mass is 534 g/mol. The highest BCUT2D eigenvalue weighted by Crippen LogP contribution is 2.42. The first-order valence-electron chi connectivity index (χ1n) is 14.6. The van der Waals surface area contributed by atoms with Crippen LogP contribution in [0.3, 0.4) is 0 Å². The molecule has 2 heterocycles. The minimum Gasteiger partial charge on any atom is -0.481 e. The topological polar surface area (TPSA) is 74.8 Å². The summed E-state index contributed by atoms with van der Waals surface area (Å²) in [4.78, 5) is 35.1. The minimum absolute atomic E-state index is 0.0492. The van der Waals surface area contributed by atoms with Gasteiger partial charge in [0.05, 0.1) is 7.11 Å². The van der Waals surface area contributed by atoms with Crippen molar-refractivity contribution in [3.05, 3.63) is 54.2 Å². The van der Waals surface area contributed by atoms with Crippen molar-refractivity contribution in [2.24, 2.45) is 17.8 Å². The van der Waals surface area contributed by atoms with Crippen molar-refractivity contribution in [1.29, 1.82) is 0 Å². The van der Waals surface area contributed by atoms with E-state index in [0.717, 1.165) is 38.0 Å². The van der Waals surface area contributed by atoms with E-state index in [4.69, 9.17) is 4.74 Å². The van der Waals surface area contributed by atoms with Crippen LogP contribution < -0.4 is 10.1 Å². The van der Waals surface area contributed by atoms with Crippen molar-refractivity contribution in [3.8, 4) is 5.88 Å². The lowest BCUT2D eigenvalue weighted by molar-refractivity contribution is -0.138. The predicted octanol–water partition coefficient (Wildman–Crippen LogP) is 5.72. The van der Waals surface area contributed by atoms with E-state index in [9.17, 15) is 9.59 Å². The Balaban J connectivity index is 1.51. The van der Waals surface area contributed by atoms with E-state index in [1.54, 1.807) is 25.4 Å². The van der Waals surface area contributed by atoms with E-state index >= 15 is 0 Å². The number of nitrogens with zero attached hydrogens (tertiary/aromatic N) is 3. The third-order valence-corrected chi connectivity index (χ3v) is 9.22. The molecule has 1 aliphatic carbocycles. The van der Waals surface area contributed by atoms with Gasteiger partial charge in [-0.25, -0.2) is 4.98 Å². The van der Waals surface area contributed by atoms with Crippen molar-refractivity contribution in [2.45, 2.75) is 70.3 Å². The van der Waals surface area contributed by atoms with Gasteiger partial charge in [-0.05, 0) is 69.7 Å². The van der Waals surface area contributed by atoms with Gasteiger partial charge in [0, 0.05) is 48.9 Å². The molecule has 7 heteroatoms. The molecular formula is C32H46N4O3. The number of rotatable bonds is 9. The highest BCUT2D eigenvalue weighted by atomic mass is 16.5. The number of ether oxygens (including phenoxy) is 1. The van der Waals surface area contributed by atoms with Gasteiger partial charge in [-0.1, -0.05) is 56.5 Å². The molecule has 1 aliphatic heterocycles. The zero-order valence-electron chi connectivity index (χ0n) is 24.2. The van der Waals surface area contributed by atoms with E-state index in [-0.39, 0.29) is 29.7 Å². The first-order chi connectivity index (χ1) is 18.8. The van der Waals surface area contributed by atoms with Gasteiger partial charge in [0.15, 0.2) is 0 Å². The molecular weight excluding hydrogens is 488 g/mol. The van der Waals surface area contributed by atoms with Crippen LogP contribution in [0.15, 0.2) is 48.7 Å². The number of methoxy groups -OCH3 is 1. The summed E-state index contributed by atoms with van der Waals surface area (Å²) < 4.78 is 5.16. The van der Waals surface area contributed by atoms with Gasteiger partial charge >= 0.3 is 0 Å². The number of carbonyl (C=O) groups is 2. The van der Waals surface area contributed by atoms with Gasteiger partial charge in [-0.15, -0.1) is 0 Å². The average Bonchev–Trinajstić information content (AvgIpc) is 2.92. The van der Waals surface area contributed by atoms with Crippen molar-refractivity contribution in [1.82, 2.24) is 14.8 Å². The third-order valence-electron chi connectivity index (χ3n) is 9.22. The van der Waals surface area contributed by atoms with Crippen molar-refractivity contribution >= 4 is 17.5 Å². The Bertz CT molecular complexity index is 1090. The van der Waals surface area contributed by atoms with Crippen LogP contribution in [0.4, 0.5) is 5.69 Å². The van der Waals surface area contributed by atoms with Gasteiger partial charge < -0.3 is 15.0 Å². The highest BCUT2D eigenvalue weighted by Gasteiger charge is 2.39. The van der Waals surface area contributed by atoms with Crippen LogP contribution in [-0.2, 0) is 15.1 Å². The van der Waals surface area contributed by atoms with Crippen LogP contribution in [0.25, 0.3) is 0 Å². The Hall–Kier alpha value is -2.93. The van der Waals surface area contributed by atoms with Crippen molar-refractivity contribution in [3.63, 3.8) is 0 Å².